The molecule has 2 rings (SSSR count). The van der Waals surface area contributed by atoms with Crippen LogP contribution in [0, 0.1) is 0 Å². The first kappa shape index (κ1) is 23.1. The van der Waals surface area contributed by atoms with Gasteiger partial charge in [-0.3, -0.25) is 0 Å². The monoisotopic (exact) mass is 496 g/mol. The summed E-state index contributed by atoms with van der Waals surface area (Å²) in [7, 11) is 1.47. The Morgan fingerprint density at radius 2 is 1.57 bits per heavy atom. The van der Waals surface area contributed by atoms with Crippen molar-refractivity contribution in [1.29, 1.82) is 0 Å². The number of benzene rings is 1. The summed E-state index contributed by atoms with van der Waals surface area (Å²) in [6.07, 6.45) is 9.14. The van der Waals surface area contributed by atoms with Gasteiger partial charge in [-0.25, -0.2) is 0 Å². The Morgan fingerprint density at radius 3 is 2.11 bits per heavy atom. The van der Waals surface area contributed by atoms with Crippen molar-refractivity contribution in [3.63, 3.8) is 0 Å². The summed E-state index contributed by atoms with van der Waals surface area (Å²) in [5.41, 5.74) is 1.13. The van der Waals surface area contributed by atoms with E-state index in [1.54, 1.807) is 0 Å². The Balaban J connectivity index is 2.55. The summed E-state index contributed by atoms with van der Waals surface area (Å²) in [5.74, 6) is 1.34. The molecule has 0 unspecified atom stereocenters. The van der Waals surface area contributed by atoms with Gasteiger partial charge >= 0.3 is 175 Å². The number of hydrogen-bond donors (Lipinski definition) is 0. The molecule has 5 heteroatoms. The van der Waals surface area contributed by atoms with E-state index in [1.807, 2.05) is 12.1 Å². The first-order valence-electron chi connectivity index (χ1n) is 10.8. The van der Waals surface area contributed by atoms with Crippen LogP contribution in [0.25, 0.3) is 3.59 Å². The number of methoxy groups -OCH3 is 1. The van der Waals surface area contributed by atoms with Crippen LogP contribution in [0.5, 0.6) is 11.5 Å². The number of hydrogen-bond acceptors (Lipinski definition) is 4. The van der Waals surface area contributed by atoms with E-state index in [1.165, 1.54) is 62.5 Å². The van der Waals surface area contributed by atoms with Crippen LogP contribution in [0.2, 0.25) is 13.3 Å². The topological polar surface area (TPSA) is 44.8 Å². The summed E-state index contributed by atoms with van der Waals surface area (Å²) in [6.45, 7) is 7.06. The molecule has 1 heterocycles. The number of fused-ring (bicyclic) bond motifs is 1. The molecule has 0 fully saturated rings. The Hall–Kier alpha value is -1.17. The van der Waals surface area contributed by atoms with Gasteiger partial charge in [0.1, 0.15) is 0 Å². The summed E-state index contributed by atoms with van der Waals surface area (Å²) in [6, 6.07) is 6.17. The second kappa shape index (κ2) is 11.7. The number of unbranched alkanes of at least 4 members (excludes halogenated alkanes) is 3. The zero-order valence-electron chi connectivity index (χ0n) is 18.0. The summed E-state index contributed by atoms with van der Waals surface area (Å²) >= 11 is -2.83. The van der Waals surface area contributed by atoms with E-state index in [0.29, 0.717) is 0 Å². The minimum absolute atomic E-state index is 0.238. The zero-order valence-corrected chi connectivity index (χ0v) is 20.9. The maximum absolute atomic E-state index is 12.4. The third-order valence-corrected chi connectivity index (χ3v) is 21.5. The molecule has 0 spiro atoms. The molecule has 156 valence electrons. The molecule has 1 aliphatic rings. The average molecular weight is 495 g/mol. The molecule has 0 atom stereocenters. The number of esters is 1. The number of carbonyl (C=O) groups excluding carboxylic acids is 1. The standard InChI is InChI=1S/C11H9O4.3C4H9.Sn/c1-13-11(12)5-3-8-2-4-9-10(6-8)15-7-14-9;3*1-3-4-2;/h2,4-6H,7H2,1H3;3*1,3-4H2,2H3;. The van der Waals surface area contributed by atoms with E-state index in [4.69, 9.17) is 14.2 Å². The molecular formula is C23H36O4Sn. The molecule has 0 bridgehead atoms. The average Bonchev–Trinajstić information content (AvgIpc) is 3.19. The Morgan fingerprint density at radius 1 is 1.00 bits per heavy atom. The molecule has 0 saturated heterocycles. The van der Waals surface area contributed by atoms with Crippen molar-refractivity contribution in [1.82, 2.24) is 0 Å². The van der Waals surface area contributed by atoms with E-state index in [0.717, 1.165) is 17.1 Å². The fraction of sp³-hybridized carbons (Fsp3) is 0.609. The van der Waals surface area contributed by atoms with Crippen LogP contribution in [0.4, 0.5) is 0 Å². The van der Waals surface area contributed by atoms with Gasteiger partial charge in [0.15, 0.2) is 0 Å². The number of carbonyl (C=O) groups is 1. The van der Waals surface area contributed by atoms with Gasteiger partial charge in [-0.2, -0.15) is 0 Å². The molecule has 0 amide bonds. The van der Waals surface area contributed by atoms with Gasteiger partial charge < -0.3 is 0 Å². The van der Waals surface area contributed by atoms with Gasteiger partial charge in [0, 0.05) is 0 Å². The van der Waals surface area contributed by atoms with Crippen molar-refractivity contribution in [3.8, 4) is 11.5 Å². The number of rotatable bonds is 12. The fourth-order valence-corrected chi connectivity index (χ4v) is 20.8. The van der Waals surface area contributed by atoms with Crippen molar-refractivity contribution in [3.05, 3.63) is 29.8 Å². The van der Waals surface area contributed by atoms with Crippen LogP contribution >= 0.6 is 0 Å². The maximum atomic E-state index is 12.4. The van der Waals surface area contributed by atoms with Crippen molar-refractivity contribution in [2.24, 2.45) is 0 Å². The number of ether oxygens (including phenoxy) is 3. The molecule has 1 aromatic rings. The quantitative estimate of drug-likeness (QED) is 0.192. The molecule has 28 heavy (non-hydrogen) atoms. The van der Waals surface area contributed by atoms with Crippen LogP contribution < -0.4 is 9.47 Å². The van der Waals surface area contributed by atoms with Crippen molar-refractivity contribution >= 4 is 27.9 Å². The van der Waals surface area contributed by atoms with Gasteiger partial charge in [-0.15, -0.1) is 0 Å². The zero-order chi connectivity index (χ0) is 20.4. The van der Waals surface area contributed by atoms with Crippen molar-refractivity contribution in [2.75, 3.05) is 13.9 Å². The van der Waals surface area contributed by atoms with Gasteiger partial charge in [0.2, 0.25) is 0 Å². The van der Waals surface area contributed by atoms with E-state index in [2.05, 4.69) is 32.9 Å². The molecule has 1 aliphatic heterocycles. The van der Waals surface area contributed by atoms with E-state index in [9.17, 15) is 4.79 Å². The molecular weight excluding hydrogens is 459 g/mol. The second-order valence-corrected chi connectivity index (χ2v) is 20.9. The first-order valence-corrected chi connectivity index (χ1v) is 18.3. The molecule has 0 saturated carbocycles. The van der Waals surface area contributed by atoms with Gasteiger partial charge in [-0.05, 0) is 0 Å². The van der Waals surface area contributed by atoms with Crippen molar-refractivity contribution < 1.29 is 19.0 Å². The summed E-state index contributed by atoms with van der Waals surface area (Å²) in [4.78, 5) is 12.4. The third kappa shape index (κ3) is 5.91. The predicted octanol–water partition coefficient (Wildman–Crippen LogP) is 6.36. The first-order chi connectivity index (χ1) is 13.6. The predicted molar refractivity (Wildman–Crippen MR) is 117 cm³/mol. The summed E-state index contributed by atoms with van der Waals surface area (Å²) in [5, 5.41) is 0. The summed E-state index contributed by atoms with van der Waals surface area (Å²) < 4.78 is 21.4. The SMILES string of the molecule is CCC[CH2][Sn]([CH2]CCC)([CH2]CCC)/[C](=C/C(=O)OC)c1ccc2c(c1)OCO2. The van der Waals surface area contributed by atoms with Gasteiger partial charge in [0.05, 0.1) is 0 Å². The van der Waals surface area contributed by atoms with Gasteiger partial charge in [-0.1, -0.05) is 0 Å². The fourth-order valence-electron chi connectivity index (χ4n) is 4.11. The Kier molecular flexibility index (Phi) is 9.69. The van der Waals surface area contributed by atoms with Crippen LogP contribution in [0.3, 0.4) is 0 Å². The van der Waals surface area contributed by atoms with E-state index in [-0.39, 0.29) is 12.8 Å². The molecule has 1 aromatic carbocycles. The normalized spacial score (nSPS) is 13.6. The van der Waals surface area contributed by atoms with E-state index < -0.39 is 18.4 Å². The molecule has 0 aliphatic carbocycles. The van der Waals surface area contributed by atoms with Gasteiger partial charge in [0.25, 0.3) is 0 Å². The van der Waals surface area contributed by atoms with E-state index >= 15 is 0 Å². The minimum atomic E-state index is -2.83. The second-order valence-electron chi connectivity index (χ2n) is 7.74. The van der Waals surface area contributed by atoms with Crippen LogP contribution in [-0.4, -0.2) is 38.2 Å². The third-order valence-electron chi connectivity index (χ3n) is 5.74. The van der Waals surface area contributed by atoms with Crippen molar-refractivity contribution in [2.45, 2.75) is 72.6 Å². The molecule has 0 N–H and O–H groups in total. The molecule has 4 nitrogen and oxygen atoms in total. The molecule has 0 aromatic heterocycles. The van der Waals surface area contributed by atoms with Crippen LogP contribution in [-0.2, 0) is 9.53 Å². The van der Waals surface area contributed by atoms with Crippen LogP contribution in [0.15, 0.2) is 24.3 Å². The molecule has 0 radical (unpaired) electrons. The van der Waals surface area contributed by atoms with Crippen LogP contribution in [0.1, 0.15) is 64.9 Å². The Labute approximate surface area is 174 Å². The Bertz CT molecular complexity index is 647.